The molecule has 0 unspecified atom stereocenters. The fourth-order valence-corrected chi connectivity index (χ4v) is 3.47. The lowest BCUT2D eigenvalue weighted by Gasteiger charge is -2.10. The number of esters is 2. The first-order chi connectivity index (χ1) is 16.7. The van der Waals surface area contributed by atoms with Crippen molar-refractivity contribution in [3.8, 4) is 0 Å². The van der Waals surface area contributed by atoms with Crippen LogP contribution in [0.2, 0.25) is 0 Å². The van der Waals surface area contributed by atoms with Gasteiger partial charge in [-0.25, -0.2) is 9.59 Å². The molecular weight excluding hydrogens is 424 g/mol. The van der Waals surface area contributed by atoms with Gasteiger partial charge in [0.2, 0.25) is 0 Å². The molecule has 2 aromatic carbocycles. The highest BCUT2D eigenvalue weighted by Gasteiger charge is 2.18. The lowest BCUT2D eigenvalue weighted by molar-refractivity contribution is 0.0450. The fraction of sp³-hybridized carbons (Fsp3) is 0.533. The van der Waals surface area contributed by atoms with Crippen molar-refractivity contribution in [3.05, 3.63) is 71.8 Å². The molecule has 0 spiro atoms. The number of benzene rings is 2. The summed E-state index contributed by atoms with van der Waals surface area (Å²) in [5.74, 6) is -0.888. The number of unbranched alkanes of at least 4 members (excludes halogenated alkanes) is 10. The number of rotatable bonds is 16. The Hall–Kier alpha value is -2.62. The van der Waals surface area contributed by atoms with Crippen molar-refractivity contribution in [1.29, 1.82) is 0 Å². The summed E-state index contributed by atoms with van der Waals surface area (Å²) in [4.78, 5) is 24.7. The Morgan fingerprint density at radius 2 is 0.824 bits per heavy atom. The van der Waals surface area contributed by atoms with Crippen molar-refractivity contribution in [1.82, 2.24) is 0 Å². The van der Waals surface area contributed by atoms with E-state index in [0.717, 1.165) is 25.7 Å². The van der Waals surface area contributed by atoms with E-state index < -0.39 is 11.9 Å². The molecule has 4 heteroatoms. The minimum atomic E-state index is -0.444. The van der Waals surface area contributed by atoms with Crippen LogP contribution in [0.5, 0.6) is 0 Å². The predicted molar refractivity (Wildman–Crippen MR) is 140 cm³/mol. The number of ether oxygens (including phenoxy) is 2. The summed E-state index contributed by atoms with van der Waals surface area (Å²) in [6, 6.07) is 18.7. The lowest BCUT2D eigenvalue weighted by Crippen LogP contribution is -2.15. The molecule has 0 aliphatic rings. The molecule has 0 atom stereocenters. The molecule has 34 heavy (non-hydrogen) atoms. The Balaban J connectivity index is 0.000000830. The zero-order chi connectivity index (χ0) is 24.7. The van der Waals surface area contributed by atoms with E-state index in [1.807, 2.05) is 36.4 Å². The topological polar surface area (TPSA) is 52.6 Å². The van der Waals surface area contributed by atoms with Gasteiger partial charge in [0.1, 0.15) is 0 Å². The average molecular weight is 469 g/mol. The lowest BCUT2D eigenvalue weighted by atomic mass is 10.1. The highest BCUT2D eigenvalue weighted by Crippen LogP contribution is 2.14. The van der Waals surface area contributed by atoms with Crippen LogP contribution in [-0.4, -0.2) is 25.2 Å². The molecule has 0 fully saturated rings. The predicted octanol–water partition coefficient (Wildman–Crippen LogP) is 8.41. The van der Waals surface area contributed by atoms with Gasteiger partial charge in [-0.15, -0.1) is 0 Å². The third-order valence-electron chi connectivity index (χ3n) is 5.50. The Morgan fingerprint density at radius 3 is 1.18 bits per heavy atom. The first-order valence-electron chi connectivity index (χ1n) is 13.1. The van der Waals surface area contributed by atoms with Gasteiger partial charge >= 0.3 is 11.9 Å². The summed E-state index contributed by atoms with van der Waals surface area (Å²) in [5.41, 5.74) is 0.586. The van der Waals surface area contributed by atoms with Crippen LogP contribution < -0.4 is 0 Å². The quantitative estimate of drug-likeness (QED) is 0.183. The number of hydrogen-bond donors (Lipinski definition) is 0. The van der Waals surface area contributed by atoms with Crippen LogP contribution in [0, 0.1) is 0 Å². The van der Waals surface area contributed by atoms with Crippen LogP contribution in [0.15, 0.2) is 60.7 Å². The molecule has 2 aromatic rings. The second-order valence-electron chi connectivity index (χ2n) is 8.51. The van der Waals surface area contributed by atoms with Crippen molar-refractivity contribution in [2.24, 2.45) is 0 Å². The molecule has 0 aromatic heterocycles. The van der Waals surface area contributed by atoms with Crippen molar-refractivity contribution in [3.63, 3.8) is 0 Å². The van der Waals surface area contributed by atoms with Crippen molar-refractivity contribution in [2.75, 3.05) is 13.2 Å². The first kappa shape index (κ1) is 29.4. The number of carbonyl (C=O) groups is 2. The van der Waals surface area contributed by atoms with Crippen molar-refractivity contribution < 1.29 is 19.1 Å². The Kier molecular flexibility index (Phi) is 18.1. The normalized spacial score (nSPS) is 10.2. The molecule has 0 aliphatic carbocycles. The van der Waals surface area contributed by atoms with Crippen molar-refractivity contribution >= 4 is 11.9 Å². The third kappa shape index (κ3) is 14.5. The molecule has 0 amide bonds. The maximum Gasteiger partial charge on any atom is 0.339 e. The molecule has 2 rings (SSSR count). The highest BCUT2D eigenvalue weighted by atomic mass is 16.5. The second kappa shape index (κ2) is 20.9. The summed E-state index contributed by atoms with van der Waals surface area (Å²) < 4.78 is 10.7. The largest absolute Gasteiger partial charge is 0.462 e. The minimum absolute atomic E-state index is 0.293. The van der Waals surface area contributed by atoms with E-state index in [4.69, 9.17) is 9.47 Å². The van der Waals surface area contributed by atoms with Gasteiger partial charge in [0.15, 0.2) is 0 Å². The van der Waals surface area contributed by atoms with Gasteiger partial charge in [0.05, 0.1) is 24.3 Å². The van der Waals surface area contributed by atoms with Gasteiger partial charge in [-0.2, -0.15) is 0 Å². The molecule has 188 valence electrons. The van der Waals surface area contributed by atoms with E-state index in [-0.39, 0.29) is 0 Å². The second-order valence-corrected chi connectivity index (χ2v) is 8.51. The van der Waals surface area contributed by atoms with Gasteiger partial charge in [-0.1, -0.05) is 127 Å². The summed E-state index contributed by atoms with van der Waals surface area (Å²) in [6.07, 6.45) is 13.6. The van der Waals surface area contributed by atoms with Gasteiger partial charge in [0, 0.05) is 0 Å². The van der Waals surface area contributed by atoms with Gasteiger partial charge in [-0.05, 0) is 25.0 Å². The Labute approximate surface area is 207 Å². The third-order valence-corrected chi connectivity index (χ3v) is 5.50. The average Bonchev–Trinajstić information content (AvgIpc) is 2.88. The molecule has 0 radical (unpaired) electrons. The number of hydrogen-bond acceptors (Lipinski definition) is 4. The van der Waals surface area contributed by atoms with E-state index in [2.05, 4.69) is 13.8 Å². The molecule has 0 bridgehead atoms. The summed E-state index contributed by atoms with van der Waals surface area (Å²) in [6.45, 7) is 5.17. The summed E-state index contributed by atoms with van der Waals surface area (Å²) in [7, 11) is 0. The summed E-state index contributed by atoms with van der Waals surface area (Å²) in [5, 5.41) is 0. The Morgan fingerprint density at radius 1 is 0.500 bits per heavy atom. The van der Waals surface area contributed by atoms with Gasteiger partial charge in [0.25, 0.3) is 0 Å². The monoisotopic (exact) mass is 468 g/mol. The van der Waals surface area contributed by atoms with Crippen LogP contribution in [-0.2, 0) is 9.47 Å². The minimum Gasteiger partial charge on any atom is -0.462 e. The van der Waals surface area contributed by atoms with Crippen LogP contribution in [0.3, 0.4) is 0 Å². The molecule has 0 aliphatic heterocycles. The van der Waals surface area contributed by atoms with Gasteiger partial charge in [-0.3, -0.25) is 0 Å². The zero-order valence-corrected chi connectivity index (χ0v) is 21.3. The van der Waals surface area contributed by atoms with Crippen LogP contribution in [0.4, 0.5) is 0 Å². The summed E-state index contributed by atoms with van der Waals surface area (Å²) >= 11 is 0. The van der Waals surface area contributed by atoms with Gasteiger partial charge < -0.3 is 9.47 Å². The van der Waals surface area contributed by atoms with E-state index in [9.17, 15) is 9.59 Å². The van der Waals surface area contributed by atoms with E-state index in [1.165, 1.54) is 51.4 Å². The smallest absolute Gasteiger partial charge is 0.339 e. The first-order valence-corrected chi connectivity index (χ1v) is 13.1. The molecule has 0 N–H and O–H groups in total. The SMILES string of the molecule is CCCCCCCCOC(=O)c1ccccc1C(=O)OCCCCCCCC.c1ccccc1. The van der Waals surface area contributed by atoms with E-state index >= 15 is 0 Å². The maximum atomic E-state index is 12.4. The van der Waals surface area contributed by atoms with Crippen LogP contribution in [0.25, 0.3) is 0 Å². The van der Waals surface area contributed by atoms with E-state index in [1.54, 1.807) is 24.3 Å². The molecule has 0 saturated carbocycles. The zero-order valence-electron chi connectivity index (χ0n) is 21.3. The fourth-order valence-electron chi connectivity index (χ4n) is 3.47. The maximum absolute atomic E-state index is 12.4. The molecular formula is C30H44O4. The molecule has 0 heterocycles. The standard InChI is InChI=1S/C24H38O4.C6H6/c1-3-5-7-9-11-15-19-27-23(25)21-17-13-14-18-22(21)24(26)28-20-16-12-10-8-6-4-2;1-2-4-6-5-3-1/h13-14,17-18H,3-12,15-16,19-20H2,1-2H3;1-6H. The van der Waals surface area contributed by atoms with Crippen LogP contribution in [0.1, 0.15) is 112 Å². The highest BCUT2D eigenvalue weighted by molar-refractivity contribution is 6.03. The molecule has 4 nitrogen and oxygen atoms in total. The number of carbonyl (C=O) groups excluding carboxylic acids is 2. The Bertz CT molecular complexity index is 682. The van der Waals surface area contributed by atoms with Crippen LogP contribution >= 0.6 is 0 Å². The molecule has 0 saturated heterocycles. The van der Waals surface area contributed by atoms with Crippen molar-refractivity contribution in [2.45, 2.75) is 90.9 Å². The van der Waals surface area contributed by atoms with E-state index in [0.29, 0.717) is 24.3 Å².